The lowest BCUT2D eigenvalue weighted by atomic mass is 9.87. The summed E-state index contributed by atoms with van der Waals surface area (Å²) in [6.45, 7) is 0. The summed E-state index contributed by atoms with van der Waals surface area (Å²) in [6.07, 6.45) is 2.99. The summed E-state index contributed by atoms with van der Waals surface area (Å²) in [5, 5.41) is 5.40. The van der Waals surface area contributed by atoms with E-state index in [2.05, 4.69) is 27.7 Å². The predicted octanol–water partition coefficient (Wildman–Crippen LogP) is 2.38. The number of nitrogens with zero attached hydrogens (tertiary/aromatic N) is 1. The molecule has 1 saturated carbocycles. The van der Waals surface area contributed by atoms with Gasteiger partial charge in [0.25, 0.3) is 0 Å². The Bertz CT molecular complexity index is 503. The number of carbonyl (C=O) groups is 1. The summed E-state index contributed by atoms with van der Waals surface area (Å²) < 4.78 is 5.10. The molecule has 1 aliphatic carbocycles. The van der Waals surface area contributed by atoms with Crippen molar-refractivity contribution in [2.75, 3.05) is 7.11 Å². The van der Waals surface area contributed by atoms with Gasteiger partial charge in [-0.05, 0) is 49.2 Å². The molecule has 5 heteroatoms. The number of methoxy groups -OCH3 is 1. The minimum atomic E-state index is 0.0931. The van der Waals surface area contributed by atoms with Gasteiger partial charge in [-0.3, -0.25) is 4.79 Å². The summed E-state index contributed by atoms with van der Waals surface area (Å²) >= 11 is 4.56. The molecule has 0 unspecified atom stereocenters. The lowest BCUT2D eigenvalue weighted by Crippen LogP contribution is -2.46. The molecule has 0 heterocycles. The zero-order valence-electron chi connectivity index (χ0n) is 11.5. The van der Waals surface area contributed by atoms with E-state index in [4.69, 9.17) is 4.74 Å². The number of hydrogen-bond donors (Lipinski definition) is 1. The van der Waals surface area contributed by atoms with Gasteiger partial charge in [-0.15, -0.1) is 0 Å². The number of nitrogens with one attached hydrogen (secondary N) is 1. The Balaban J connectivity index is 1.68. The molecule has 0 spiro atoms. The summed E-state index contributed by atoms with van der Waals surface area (Å²) in [5.74, 6) is 0.924. The van der Waals surface area contributed by atoms with Gasteiger partial charge >= 0.3 is 0 Å². The third-order valence-corrected chi connectivity index (χ3v) is 3.62. The van der Waals surface area contributed by atoms with E-state index in [1.54, 1.807) is 7.11 Å². The molecule has 1 aromatic carbocycles. The third kappa shape index (κ3) is 4.15. The second kappa shape index (κ2) is 7.17. The first kappa shape index (κ1) is 14.7. The maximum atomic E-state index is 11.8. The molecule has 1 N–H and O–H groups in total. The maximum Gasteiger partial charge on any atom is 0.220 e. The lowest BCUT2D eigenvalue weighted by molar-refractivity contribution is -0.122. The van der Waals surface area contributed by atoms with E-state index in [1.165, 1.54) is 0 Å². The fourth-order valence-corrected chi connectivity index (χ4v) is 2.38. The predicted molar refractivity (Wildman–Crippen MR) is 81.3 cm³/mol. The summed E-state index contributed by atoms with van der Waals surface area (Å²) in [7, 11) is 1.64. The number of hydrogen-bond acceptors (Lipinski definition) is 4. The van der Waals surface area contributed by atoms with Crippen LogP contribution in [0, 0.1) is 0 Å². The van der Waals surface area contributed by atoms with Gasteiger partial charge in [-0.25, -0.2) is 4.99 Å². The molecule has 20 heavy (non-hydrogen) atoms. The zero-order valence-corrected chi connectivity index (χ0v) is 12.3. The topological polar surface area (TPSA) is 50.7 Å². The van der Waals surface area contributed by atoms with Crippen molar-refractivity contribution < 1.29 is 9.53 Å². The molecule has 2 rings (SSSR count). The Hall–Kier alpha value is -1.71. The lowest BCUT2D eigenvalue weighted by Gasteiger charge is -2.32. The van der Waals surface area contributed by atoms with Crippen LogP contribution in [0.1, 0.15) is 24.8 Å². The molecule has 0 atom stereocenters. The molecule has 0 bridgehead atoms. The highest BCUT2D eigenvalue weighted by atomic mass is 32.1. The van der Waals surface area contributed by atoms with Crippen molar-refractivity contribution in [2.45, 2.75) is 37.8 Å². The first-order valence-corrected chi connectivity index (χ1v) is 7.11. The van der Waals surface area contributed by atoms with Gasteiger partial charge in [0, 0.05) is 12.5 Å². The average Bonchev–Trinajstić information content (AvgIpc) is 2.43. The SMILES string of the molecule is COc1ccc(CCC(=O)NC2CC(N=C=S)C2)cc1. The largest absolute Gasteiger partial charge is 0.497 e. The van der Waals surface area contributed by atoms with Crippen molar-refractivity contribution >= 4 is 23.3 Å². The second-order valence-corrected chi connectivity index (χ2v) is 5.14. The minimum Gasteiger partial charge on any atom is -0.497 e. The van der Waals surface area contributed by atoms with Crippen LogP contribution in [0.3, 0.4) is 0 Å². The molecule has 4 nitrogen and oxygen atoms in total. The van der Waals surface area contributed by atoms with Gasteiger partial charge < -0.3 is 10.1 Å². The Morgan fingerprint density at radius 3 is 2.75 bits per heavy atom. The number of aryl methyl sites for hydroxylation is 1. The van der Waals surface area contributed by atoms with Gasteiger partial charge in [-0.2, -0.15) is 0 Å². The molecule has 1 aromatic rings. The quantitative estimate of drug-likeness (QED) is 0.646. The van der Waals surface area contributed by atoms with Crippen molar-refractivity contribution in [3.8, 4) is 5.75 Å². The molecular weight excluding hydrogens is 272 g/mol. The number of amides is 1. The van der Waals surface area contributed by atoms with E-state index in [9.17, 15) is 4.79 Å². The van der Waals surface area contributed by atoms with Crippen molar-refractivity contribution in [1.29, 1.82) is 0 Å². The van der Waals surface area contributed by atoms with E-state index < -0.39 is 0 Å². The standard InChI is InChI=1S/C15H18N2O2S/c1-19-14-5-2-11(3-6-14)4-7-15(18)17-13-8-12(9-13)16-10-20/h2-3,5-6,12-13H,4,7-9H2,1H3,(H,17,18). The molecule has 1 aliphatic rings. The van der Waals surface area contributed by atoms with Gasteiger partial charge in [-0.1, -0.05) is 12.1 Å². The molecule has 0 radical (unpaired) electrons. The fraction of sp³-hybridized carbons (Fsp3) is 0.467. The van der Waals surface area contributed by atoms with Crippen molar-refractivity contribution in [3.05, 3.63) is 29.8 Å². The van der Waals surface area contributed by atoms with Crippen LogP contribution < -0.4 is 10.1 Å². The summed E-state index contributed by atoms with van der Waals surface area (Å²) in [6, 6.07) is 8.29. The van der Waals surface area contributed by atoms with Crippen molar-refractivity contribution in [1.82, 2.24) is 5.32 Å². The van der Waals surface area contributed by atoms with Crippen molar-refractivity contribution in [2.24, 2.45) is 4.99 Å². The van der Waals surface area contributed by atoms with Crippen LogP contribution in [0.4, 0.5) is 0 Å². The van der Waals surface area contributed by atoms with E-state index in [0.29, 0.717) is 6.42 Å². The van der Waals surface area contributed by atoms with E-state index in [1.807, 2.05) is 24.3 Å². The molecule has 0 aromatic heterocycles. The number of ether oxygens (including phenoxy) is 1. The Kier molecular flexibility index (Phi) is 5.27. The third-order valence-electron chi connectivity index (χ3n) is 3.51. The highest BCUT2D eigenvalue weighted by Gasteiger charge is 2.29. The maximum absolute atomic E-state index is 11.8. The van der Waals surface area contributed by atoms with E-state index >= 15 is 0 Å². The van der Waals surface area contributed by atoms with Gasteiger partial charge in [0.1, 0.15) is 5.75 Å². The second-order valence-electron chi connectivity index (χ2n) is 4.96. The van der Waals surface area contributed by atoms with Gasteiger partial charge in [0.05, 0.1) is 18.3 Å². The molecular formula is C15H18N2O2S. The van der Waals surface area contributed by atoms with Crippen molar-refractivity contribution in [3.63, 3.8) is 0 Å². The number of aliphatic imine (C=N–C) groups is 1. The van der Waals surface area contributed by atoms with Gasteiger partial charge in [0.15, 0.2) is 0 Å². The van der Waals surface area contributed by atoms with E-state index in [0.717, 1.165) is 30.6 Å². The van der Waals surface area contributed by atoms with E-state index in [-0.39, 0.29) is 18.0 Å². The molecule has 1 fully saturated rings. The Morgan fingerprint density at radius 1 is 1.45 bits per heavy atom. The molecule has 0 aliphatic heterocycles. The van der Waals surface area contributed by atoms with Crippen LogP contribution in [-0.2, 0) is 11.2 Å². The number of isothiocyanates is 1. The molecule has 1 amide bonds. The first-order valence-electron chi connectivity index (χ1n) is 6.70. The highest BCUT2D eigenvalue weighted by molar-refractivity contribution is 7.78. The number of rotatable bonds is 6. The van der Waals surface area contributed by atoms with Gasteiger partial charge in [0.2, 0.25) is 5.91 Å². The molecule has 0 saturated heterocycles. The summed E-state index contributed by atoms with van der Waals surface area (Å²) in [4.78, 5) is 15.8. The average molecular weight is 290 g/mol. The smallest absolute Gasteiger partial charge is 0.220 e. The van der Waals surface area contributed by atoms with Crippen LogP contribution in [0.15, 0.2) is 29.3 Å². The molecule has 106 valence electrons. The van der Waals surface area contributed by atoms with Crippen LogP contribution >= 0.6 is 12.2 Å². The Labute approximate surface area is 124 Å². The first-order chi connectivity index (χ1) is 9.71. The number of benzene rings is 1. The monoisotopic (exact) mass is 290 g/mol. The minimum absolute atomic E-state index is 0.0931. The van der Waals surface area contributed by atoms with Crippen LogP contribution in [0.2, 0.25) is 0 Å². The summed E-state index contributed by atoms with van der Waals surface area (Å²) in [5.41, 5.74) is 1.14. The number of thiocarbonyl (C=S) groups is 1. The fourth-order valence-electron chi connectivity index (χ4n) is 2.24. The number of carbonyl (C=O) groups excluding carboxylic acids is 1. The highest BCUT2D eigenvalue weighted by Crippen LogP contribution is 2.23. The Morgan fingerprint density at radius 2 is 2.15 bits per heavy atom. The van der Waals surface area contributed by atoms with Crippen LogP contribution in [0.5, 0.6) is 5.75 Å². The van der Waals surface area contributed by atoms with Crippen LogP contribution in [-0.4, -0.2) is 30.3 Å². The normalized spacial score (nSPS) is 20.4. The van der Waals surface area contributed by atoms with Crippen LogP contribution in [0.25, 0.3) is 0 Å². The zero-order chi connectivity index (χ0) is 14.4.